The van der Waals surface area contributed by atoms with Crippen molar-refractivity contribution in [2.45, 2.75) is 0 Å². The Balaban J connectivity index is -0.0000000450. The van der Waals surface area contributed by atoms with Gasteiger partial charge in [-0.2, -0.15) is 0 Å². The minimum absolute atomic E-state index is 0. The van der Waals surface area contributed by atoms with E-state index in [4.69, 9.17) is 46.0 Å². The Kier molecular flexibility index (Phi) is 28.9. The van der Waals surface area contributed by atoms with E-state index >= 15 is 0 Å². The summed E-state index contributed by atoms with van der Waals surface area (Å²) in [4.78, 5) is 24.9. The first-order valence-electron chi connectivity index (χ1n) is 1.66. The van der Waals surface area contributed by atoms with Gasteiger partial charge in [-0.1, -0.05) is 0 Å². The fourth-order valence-electron chi connectivity index (χ4n) is 0. The molecule has 0 heterocycles. The zero-order valence-corrected chi connectivity index (χ0v) is 7.64. The largest absolute Gasteiger partial charge is 2.00 e. The van der Waals surface area contributed by atoms with Crippen LogP contribution in [-0.4, -0.2) is 20.5 Å². The third kappa shape index (κ3) is 241. The van der Waals surface area contributed by atoms with E-state index in [0.29, 0.717) is 0 Å². The van der Waals surface area contributed by atoms with E-state index in [1.807, 2.05) is 0 Å². The molecule has 13 heteroatoms. The molecule has 0 bridgehead atoms. The average molecular weight is 382 g/mol. The van der Waals surface area contributed by atoms with Crippen molar-refractivity contribution < 1.29 is 41.5 Å². The van der Waals surface area contributed by atoms with E-state index in [1.54, 1.807) is 0 Å². The summed E-state index contributed by atoms with van der Waals surface area (Å²) in [6, 6.07) is 0. The SMILES string of the molecule is O=[N+]([O-])O.O=[N+]([O-])[O-].O=[N+]([O-])[O-].[Pt+2]. The van der Waals surface area contributed by atoms with Crippen LogP contribution in [0.25, 0.3) is 0 Å². The summed E-state index contributed by atoms with van der Waals surface area (Å²) in [5, 5.41) is 43.1. The first-order valence-corrected chi connectivity index (χ1v) is 1.66. The monoisotopic (exact) mass is 382 g/mol. The molecule has 0 aromatic heterocycles. The predicted octanol–water partition coefficient (Wildman–Crippen LogP) is -0.828. The molecule has 0 aliphatic carbocycles. The minimum Gasteiger partial charge on any atom is -0.356 e. The van der Waals surface area contributed by atoms with Gasteiger partial charge in [-0.25, -0.2) is 0 Å². The molecule has 1 N–H and O–H groups in total. The maximum atomic E-state index is 8.36. The van der Waals surface area contributed by atoms with Crippen molar-refractivity contribution >= 4 is 0 Å². The van der Waals surface area contributed by atoms with Crippen LogP contribution in [-0.2, 0) is 21.1 Å². The van der Waals surface area contributed by atoms with Gasteiger partial charge in [0.2, 0.25) is 0 Å². The zero-order chi connectivity index (χ0) is 10.7. The van der Waals surface area contributed by atoms with Crippen LogP contribution in [0.2, 0.25) is 0 Å². The van der Waals surface area contributed by atoms with Crippen molar-refractivity contribution in [2.75, 3.05) is 0 Å². The van der Waals surface area contributed by atoms with Crippen LogP contribution in [0.4, 0.5) is 0 Å². The second-order valence-electron chi connectivity index (χ2n) is 0.685. The summed E-state index contributed by atoms with van der Waals surface area (Å²) in [7, 11) is 0. The van der Waals surface area contributed by atoms with Gasteiger partial charge in [0.1, 0.15) is 0 Å². The molecule has 0 rings (SSSR count). The van der Waals surface area contributed by atoms with Gasteiger partial charge in [0, 0.05) is 0 Å². The van der Waals surface area contributed by atoms with E-state index in [9.17, 15) is 0 Å². The van der Waals surface area contributed by atoms with Crippen molar-refractivity contribution in [1.29, 1.82) is 0 Å². The van der Waals surface area contributed by atoms with Gasteiger partial charge in [-0.15, -0.1) is 10.1 Å². The fraction of sp³-hybridized carbons (Fsp3) is 0. The summed E-state index contributed by atoms with van der Waals surface area (Å²) < 4.78 is 0. The Labute approximate surface area is 83.0 Å². The molecule has 0 radical (unpaired) electrons. The van der Waals surface area contributed by atoms with Crippen molar-refractivity contribution in [3.05, 3.63) is 40.8 Å². The van der Waals surface area contributed by atoms with E-state index in [1.165, 1.54) is 0 Å². The first kappa shape index (κ1) is 22.5. The van der Waals surface area contributed by atoms with Crippen LogP contribution >= 0.6 is 0 Å². The third-order valence-electron chi connectivity index (χ3n) is 0. The molecule has 0 atom stereocenters. The predicted molar refractivity (Wildman–Crippen MR) is 29.5 cm³/mol. The summed E-state index contributed by atoms with van der Waals surface area (Å²) in [5.41, 5.74) is 0. The quantitative estimate of drug-likeness (QED) is 0.410. The molecular weight excluding hydrogens is 381 g/mol. The van der Waals surface area contributed by atoms with Crippen LogP contribution in [0.15, 0.2) is 0 Å². The molecule has 0 aliphatic rings. The number of nitrogens with zero attached hydrogens (tertiary/aromatic N) is 3. The van der Waals surface area contributed by atoms with Gasteiger partial charge >= 0.3 is 21.1 Å². The van der Waals surface area contributed by atoms with Gasteiger partial charge < -0.3 is 35.9 Å². The Morgan fingerprint density at radius 2 is 0.769 bits per heavy atom. The Hall–Kier alpha value is -1.71. The molecule has 0 saturated carbocycles. The van der Waals surface area contributed by atoms with Gasteiger partial charge in [0.05, 0.1) is 10.2 Å². The number of hydrogen-bond donors (Lipinski definition) is 1. The molecule has 0 aliphatic heterocycles. The minimum atomic E-state index is -1.75. The summed E-state index contributed by atoms with van der Waals surface area (Å²) in [5.74, 6) is 0. The van der Waals surface area contributed by atoms with Crippen molar-refractivity contribution in [2.24, 2.45) is 0 Å². The molecule has 0 spiro atoms. The fourth-order valence-corrected chi connectivity index (χ4v) is 0. The van der Waals surface area contributed by atoms with Gasteiger partial charge in [-0.3, -0.25) is 0 Å². The zero-order valence-electron chi connectivity index (χ0n) is 5.37. The third-order valence-corrected chi connectivity index (χ3v) is 0. The number of rotatable bonds is 0. The molecule has 80 valence electrons. The second kappa shape index (κ2) is 16.7. The van der Waals surface area contributed by atoms with Crippen LogP contribution in [0, 0.1) is 40.8 Å². The molecule has 13 heavy (non-hydrogen) atoms. The van der Waals surface area contributed by atoms with Crippen molar-refractivity contribution in [1.82, 2.24) is 0 Å². The molecule has 0 saturated heterocycles. The van der Waals surface area contributed by atoms with Crippen LogP contribution < -0.4 is 0 Å². The summed E-state index contributed by atoms with van der Waals surface area (Å²) in [6.07, 6.45) is 0. The maximum absolute atomic E-state index is 8.36. The average Bonchev–Trinajstić information content (AvgIpc) is 1.54. The molecule has 0 fully saturated rings. The Bertz CT molecular complexity index is 112. The van der Waals surface area contributed by atoms with Crippen molar-refractivity contribution in [3.63, 3.8) is 0 Å². The maximum Gasteiger partial charge on any atom is 2.00 e. The van der Waals surface area contributed by atoms with Crippen LogP contribution in [0.5, 0.6) is 0 Å². The van der Waals surface area contributed by atoms with Gasteiger partial charge in [-0.05, 0) is 0 Å². The van der Waals surface area contributed by atoms with Crippen molar-refractivity contribution in [3.8, 4) is 0 Å². The van der Waals surface area contributed by atoms with E-state index in [2.05, 4.69) is 0 Å². The Morgan fingerprint density at radius 3 is 0.769 bits per heavy atom. The molecule has 12 nitrogen and oxygen atoms in total. The van der Waals surface area contributed by atoms with Gasteiger partial charge in [0.15, 0.2) is 0 Å². The molecular formula is HN3O9Pt. The first-order chi connectivity index (χ1) is 5.20. The van der Waals surface area contributed by atoms with Gasteiger partial charge in [0.25, 0.3) is 5.09 Å². The topological polar surface area (TPSA) is 196 Å². The number of hydrogen-bond acceptors (Lipinski definition) is 8. The normalized spacial score (nSPS) is 5.54. The van der Waals surface area contributed by atoms with E-state index in [0.717, 1.165) is 0 Å². The van der Waals surface area contributed by atoms with E-state index < -0.39 is 15.3 Å². The van der Waals surface area contributed by atoms with Crippen LogP contribution in [0.1, 0.15) is 0 Å². The smallest absolute Gasteiger partial charge is 0.356 e. The molecule has 0 aromatic rings. The molecule has 0 aromatic carbocycles. The summed E-state index contributed by atoms with van der Waals surface area (Å²) in [6.45, 7) is 0. The Morgan fingerprint density at radius 1 is 0.769 bits per heavy atom. The summed E-state index contributed by atoms with van der Waals surface area (Å²) >= 11 is 0. The standard InChI is InChI=1S/HNO3.2NO3.Pt/c3*2-1(3)4;/h(H,2,3,4);;;/q;2*-1;+2. The van der Waals surface area contributed by atoms with E-state index in [-0.39, 0.29) is 21.1 Å². The van der Waals surface area contributed by atoms with Crippen LogP contribution in [0.3, 0.4) is 0 Å². The second-order valence-corrected chi connectivity index (χ2v) is 0.685. The molecule has 0 unspecified atom stereocenters. The molecule has 0 amide bonds.